The van der Waals surface area contributed by atoms with Gasteiger partial charge in [-0.2, -0.15) is 5.10 Å². The topological polar surface area (TPSA) is 109 Å². The van der Waals surface area contributed by atoms with Gasteiger partial charge in [0, 0.05) is 32.2 Å². The predicted octanol–water partition coefficient (Wildman–Crippen LogP) is 2.11. The predicted molar refractivity (Wildman–Crippen MR) is 110 cm³/mol. The van der Waals surface area contributed by atoms with Crippen molar-refractivity contribution >= 4 is 17.5 Å². The number of nitrogens with one attached hydrogen (secondary N) is 2. The van der Waals surface area contributed by atoms with E-state index in [1.807, 2.05) is 30.3 Å². The van der Waals surface area contributed by atoms with Crippen molar-refractivity contribution in [2.75, 3.05) is 30.0 Å². The Labute approximate surface area is 173 Å². The zero-order valence-corrected chi connectivity index (χ0v) is 16.5. The maximum absolute atomic E-state index is 14.1. The van der Waals surface area contributed by atoms with Crippen molar-refractivity contribution < 1.29 is 9.53 Å². The first kappa shape index (κ1) is 18.7. The first-order chi connectivity index (χ1) is 14.8. The minimum atomic E-state index is -1.25. The molecule has 5 rings (SSSR count). The Morgan fingerprint density at radius 3 is 2.67 bits per heavy atom. The molecule has 1 saturated heterocycles. The highest BCUT2D eigenvalue weighted by Crippen LogP contribution is 2.41. The molecule has 1 amide bonds. The molecular weight excluding hydrogens is 382 g/mol. The van der Waals surface area contributed by atoms with E-state index in [4.69, 9.17) is 4.74 Å². The molecule has 3 aromatic rings. The van der Waals surface area contributed by atoms with Crippen LogP contribution in [-0.4, -0.2) is 50.8 Å². The molecule has 2 aliphatic heterocycles. The lowest BCUT2D eigenvalue weighted by molar-refractivity contribution is -0.122. The highest BCUT2D eigenvalue weighted by atomic mass is 16.5. The minimum absolute atomic E-state index is 0.148. The number of aromatic nitrogens is 5. The summed E-state index contributed by atoms with van der Waals surface area (Å²) in [5.74, 6) is 1.89. The molecule has 9 nitrogen and oxygen atoms in total. The molecule has 9 heteroatoms. The van der Waals surface area contributed by atoms with Crippen LogP contribution in [0.4, 0.5) is 11.6 Å². The van der Waals surface area contributed by atoms with Gasteiger partial charge < -0.3 is 10.1 Å². The quantitative estimate of drug-likeness (QED) is 0.669. The van der Waals surface area contributed by atoms with Crippen LogP contribution >= 0.6 is 0 Å². The Bertz CT molecular complexity index is 1010. The van der Waals surface area contributed by atoms with E-state index >= 15 is 0 Å². The van der Waals surface area contributed by atoms with Gasteiger partial charge in [0.1, 0.15) is 6.33 Å². The monoisotopic (exact) mass is 405 g/mol. The zero-order chi connectivity index (χ0) is 20.4. The van der Waals surface area contributed by atoms with Gasteiger partial charge in [0.15, 0.2) is 17.5 Å². The summed E-state index contributed by atoms with van der Waals surface area (Å²) in [6.45, 7) is 2.12. The molecule has 0 aliphatic carbocycles. The fraction of sp³-hybridized carbons (Fsp3) is 0.381. The molecule has 0 saturated carbocycles. The number of rotatable bonds is 5. The summed E-state index contributed by atoms with van der Waals surface area (Å²) in [7, 11) is 0. The van der Waals surface area contributed by atoms with E-state index in [-0.39, 0.29) is 5.91 Å². The number of fused-ring (bicyclic) bond motifs is 1. The first-order valence-electron chi connectivity index (χ1n) is 10.2. The Hall–Kier alpha value is -3.33. The molecule has 2 aliphatic rings. The lowest BCUT2D eigenvalue weighted by Gasteiger charge is -2.41. The summed E-state index contributed by atoms with van der Waals surface area (Å²) < 4.78 is 5.48. The Morgan fingerprint density at radius 1 is 1.10 bits per heavy atom. The largest absolute Gasteiger partial charge is 0.381 e. The molecule has 2 aromatic heterocycles. The number of anilines is 2. The van der Waals surface area contributed by atoms with E-state index in [2.05, 4.69) is 30.5 Å². The van der Waals surface area contributed by atoms with Crippen molar-refractivity contribution in [3.8, 4) is 0 Å². The number of carbonyl (C=O) groups is 1. The van der Waals surface area contributed by atoms with Gasteiger partial charge in [-0.1, -0.05) is 30.3 Å². The summed E-state index contributed by atoms with van der Waals surface area (Å²) in [5, 5.41) is 10.2. The van der Waals surface area contributed by atoms with Crippen LogP contribution in [0, 0.1) is 5.92 Å². The number of benzene rings is 1. The van der Waals surface area contributed by atoms with Crippen molar-refractivity contribution in [2.24, 2.45) is 5.92 Å². The third-order valence-corrected chi connectivity index (χ3v) is 5.89. The molecule has 2 N–H and O–H groups in total. The second-order valence-corrected chi connectivity index (χ2v) is 7.60. The number of amides is 1. The molecule has 30 heavy (non-hydrogen) atoms. The lowest BCUT2D eigenvalue weighted by atomic mass is 9.85. The van der Waals surface area contributed by atoms with E-state index < -0.39 is 5.54 Å². The molecule has 0 spiro atoms. The molecule has 0 bridgehead atoms. The first-order valence-corrected chi connectivity index (χ1v) is 10.2. The van der Waals surface area contributed by atoms with Crippen LogP contribution in [0.15, 0.2) is 49.1 Å². The van der Waals surface area contributed by atoms with Gasteiger partial charge in [-0.3, -0.25) is 14.8 Å². The minimum Gasteiger partial charge on any atom is -0.381 e. The summed E-state index contributed by atoms with van der Waals surface area (Å²) in [6, 6.07) is 9.54. The van der Waals surface area contributed by atoms with Crippen LogP contribution in [-0.2, 0) is 15.1 Å². The van der Waals surface area contributed by atoms with E-state index in [1.165, 1.54) is 6.33 Å². The van der Waals surface area contributed by atoms with Crippen molar-refractivity contribution in [2.45, 2.75) is 24.8 Å². The maximum atomic E-state index is 14.1. The van der Waals surface area contributed by atoms with Crippen LogP contribution in [0.3, 0.4) is 0 Å². The van der Waals surface area contributed by atoms with E-state index in [0.29, 0.717) is 29.9 Å². The van der Waals surface area contributed by atoms with Crippen molar-refractivity contribution in [3.05, 3.63) is 60.4 Å². The van der Waals surface area contributed by atoms with Crippen LogP contribution in [0.1, 0.15) is 30.7 Å². The van der Waals surface area contributed by atoms with Gasteiger partial charge in [0.25, 0.3) is 5.91 Å². The van der Waals surface area contributed by atoms with E-state index in [0.717, 1.165) is 38.0 Å². The molecular formula is C21H23N7O2. The van der Waals surface area contributed by atoms with Gasteiger partial charge in [-0.05, 0) is 30.7 Å². The molecule has 1 unspecified atom stereocenters. The van der Waals surface area contributed by atoms with Crippen LogP contribution in [0.2, 0.25) is 0 Å². The van der Waals surface area contributed by atoms with Gasteiger partial charge >= 0.3 is 0 Å². The average molecular weight is 405 g/mol. The number of carbonyl (C=O) groups excluding carboxylic acids is 1. The molecule has 154 valence electrons. The highest BCUT2D eigenvalue weighted by Gasteiger charge is 2.52. The molecule has 0 radical (unpaired) electrons. The number of hydrogen-bond donors (Lipinski definition) is 2. The molecule has 1 aromatic carbocycles. The van der Waals surface area contributed by atoms with Gasteiger partial charge in [-0.15, -0.1) is 0 Å². The smallest absolute Gasteiger partial charge is 0.266 e. The summed E-state index contributed by atoms with van der Waals surface area (Å²) >= 11 is 0. The number of ether oxygens (including phenoxy) is 1. The Balaban J connectivity index is 1.58. The van der Waals surface area contributed by atoms with Crippen LogP contribution in [0.25, 0.3) is 0 Å². The van der Waals surface area contributed by atoms with Crippen molar-refractivity contribution in [1.29, 1.82) is 0 Å². The van der Waals surface area contributed by atoms with Crippen LogP contribution < -0.4 is 10.2 Å². The maximum Gasteiger partial charge on any atom is 0.266 e. The van der Waals surface area contributed by atoms with E-state index in [9.17, 15) is 4.79 Å². The number of hydrogen-bond acceptors (Lipinski definition) is 7. The van der Waals surface area contributed by atoms with Gasteiger partial charge in [-0.25, -0.2) is 15.0 Å². The summed E-state index contributed by atoms with van der Waals surface area (Å²) in [4.78, 5) is 29.1. The molecule has 4 heterocycles. The third-order valence-electron chi connectivity index (χ3n) is 5.89. The Morgan fingerprint density at radius 2 is 1.90 bits per heavy atom. The zero-order valence-electron chi connectivity index (χ0n) is 16.5. The van der Waals surface area contributed by atoms with Crippen LogP contribution in [0.5, 0.6) is 0 Å². The highest BCUT2D eigenvalue weighted by molar-refractivity contribution is 6.08. The van der Waals surface area contributed by atoms with Gasteiger partial charge in [0.2, 0.25) is 5.54 Å². The molecule has 1 fully saturated rings. The summed E-state index contributed by atoms with van der Waals surface area (Å²) in [6.07, 6.45) is 7.55. The number of H-pyrrole nitrogens is 1. The molecule has 1 atom stereocenters. The van der Waals surface area contributed by atoms with Gasteiger partial charge in [0.05, 0.1) is 0 Å². The summed E-state index contributed by atoms with van der Waals surface area (Å²) in [5.41, 5.74) is -0.490. The van der Waals surface area contributed by atoms with E-state index in [1.54, 1.807) is 17.3 Å². The van der Waals surface area contributed by atoms with Crippen molar-refractivity contribution in [3.63, 3.8) is 0 Å². The standard InChI is InChI=1S/C21H23N7O2/c29-20-21(19-24-14-25-27-19,16-4-2-1-3-5-16)26-17-18(23-10-9-22-17)28(20)11-6-15-7-12-30-13-8-15/h1-5,9-10,14-15H,6-8,11-13H2,(H,22,26)(H,24,25,27). The van der Waals surface area contributed by atoms with Crippen molar-refractivity contribution in [1.82, 2.24) is 25.1 Å². The SMILES string of the molecule is O=C1N(CCC2CCOCC2)c2nccnc2NC1(c1ccccc1)c1ncn[nH]1. The second kappa shape index (κ2) is 7.83. The average Bonchev–Trinajstić information content (AvgIpc) is 3.35. The lowest BCUT2D eigenvalue weighted by Crippen LogP contribution is -2.57. The normalized spacial score (nSPS) is 21.9. The number of nitrogens with zero attached hydrogens (tertiary/aromatic N) is 5. The fourth-order valence-corrected chi connectivity index (χ4v) is 4.27. The third kappa shape index (κ3) is 3.11. The number of aromatic amines is 1. The fourth-order valence-electron chi connectivity index (χ4n) is 4.27. The Kier molecular flexibility index (Phi) is 4.88. The second-order valence-electron chi connectivity index (χ2n) is 7.60.